The van der Waals surface area contributed by atoms with E-state index in [1.54, 1.807) is 12.1 Å². The maximum atomic E-state index is 11.8. The van der Waals surface area contributed by atoms with Crippen molar-refractivity contribution in [3.8, 4) is 11.3 Å². The van der Waals surface area contributed by atoms with Crippen LogP contribution >= 0.6 is 0 Å². The van der Waals surface area contributed by atoms with E-state index in [0.717, 1.165) is 40.9 Å². The van der Waals surface area contributed by atoms with E-state index in [2.05, 4.69) is 39.6 Å². The molecule has 3 saturated heterocycles. The van der Waals surface area contributed by atoms with Gasteiger partial charge in [-0.1, -0.05) is 24.6 Å². The van der Waals surface area contributed by atoms with Gasteiger partial charge in [-0.2, -0.15) is 0 Å². The number of aromatic nitrogens is 2. The van der Waals surface area contributed by atoms with Crippen LogP contribution in [0.4, 0.5) is 0 Å². The Labute approximate surface area is 233 Å². The van der Waals surface area contributed by atoms with Crippen molar-refractivity contribution in [2.24, 2.45) is 5.92 Å². The van der Waals surface area contributed by atoms with Gasteiger partial charge in [0.25, 0.3) is 0 Å². The molecule has 39 heavy (non-hydrogen) atoms. The highest BCUT2D eigenvalue weighted by molar-refractivity contribution is 7.90. The summed E-state index contributed by atoms with van der Waals surface area (Å²) < 4.78 is 25.8. The summed E-state index contributed by atoms with van der Waals surface area (Å²) in [5, 5.41) is 0. The molecular formula is C32H42N4O2S. The second kappa shape index (κ2) is 10.0. The molecule has 1 aromatic carbocycles. The molecule has 3 aromatic rings. The van der Waals surface area contributed by atoms with Crippen LogP contribution in [0.5, 0.6) is 0 Å². The third-order valence-electron chi connectivity index (χ3n) is 10.4. The zero-order valence-electron chi connectivity index (χ0n) is 23.4. The lowest BCUT2D eigenvalue weighted by molar-refractivity contribution is 0.0297. The molecule has 2 bridgehead atoms. The Balaban J connectivity index is 1.01. The summed E-state index contributed by atoms with van der Waals surface area (Å²) in [4.78, 5) is 11.0. The first-order chi connectivity index (χ1) is 18.8. The minimum atomic E-state index is -3.20. The number of hydrogen-bond donors (Lipinski definition) is 0. The molecule has 0 spiro atoms. The highest BCUT2D eigenvalue weighted by atomic mass is 32.2. The first-order valence-electron chi connectivity index (χ1n) is 15.1. The van der Waals surface area contributed by atoms with Crippen molar-refractivity contribution in [3.05, 3.63) is 53.9 Å². The van der Waals surface area contributed by atoms with Gasteiger partial charge in [0.2, 0.25) is 0 Å². The summed E-state index contributed by atoms with van der Waals surface area (Å²) in [6, 6.07) is 11.9. The molecule has 1 aliphatic carbocycles. The normalized spacial score (nSPS) is 27.3. The second-order valence-corrected chi connectivity index (χ2v) is 14.9. The van der Waals surface area contributed by atoms with Gasteiger partial charge in [-0.25, -0.2) is 13.4 Å². The predicted molar refractivity (Wildman–Crippen MR) is 156 cm³/mol. The van der Waals surface area contributed by atoms with E-state index in [9.17, 15) is 8.42 Å². The molecule has 5 heterocycles. The number of nitrogens with zero attached hydrogens (tertiary/aromatic N) is 4. The van der Waals surface area contributed by atoms with E-state index in [0.29, 0.717) is 10.8 Å². The minimum Gasteiger partial charge on any atom is -0.306 e. The number of fused-ring (bicyclic) bond motifs is 3. The summed E-state index contributed by atoms with van der Waals surface area (Å²) >= 11 is 0. The Bertz CT molecular complexity index is 1440. The van der Waals surface area contributed by atoms with E-state index in [4.69, 9.17) is 4.98 Å². The SMILES string of the molecule is Cc1cc(C2CCN(C3CC4CCC(C3)N4CC3CCC3)CC2)cn2cc(-c3ccc(S(C)(=O)=O)cc3)nc12. The number of pyridine rings is 1. The van der Waals surface area contributed by atoms with Crippen LogP contribution in [0, 0.1) is 12.8 Å². The number of imidazole rings is 1. The van der Waals surface area contributed by atoms with Gasteiger partial charge in [0.1, 0.15) is 5.65 Å². The smallest absolute Gasteiger partial charge is 0.175 e. The van der Waals surface area contributed by atoms with Crippen LogP contribution in [0.1, 0.15) is 74.8 Å². The number of hydrogen-bond acceptors (Lipinski definition) is 5. The van der Waals surface area contributed by atoms with Gasteiger partial charge < -0.3 is 9.30 Å². The first-order valence-corrected chi connectivity index (χ1v) is 17.0. The molecule has 2 unspecified atom stereocenters. The van der Waals surface area contributed by atoms with E-state index in [1.807, 2.05) is 12.1 Å². The highest BCUT2D eigenvalue weighted by Gasteiger charge is 2.43. The van der Waals surface area contributed by atoms with Crippen LogP contribution in [0.3, 0.4) is 0 Å². The van der Waals surface area contributed by atoms with Gasteiger partial charge in [0.15, 0.2) is 9.84 Å². The van der Waals surface area contributed by atoms with Gasteiger partial charge in [0.05, 0.1) is 10.6 Å². The van der Waals surface area contributed by atoms with Gasteiger partial charge in [-0.05, 0) is 106 Å². The minimum absolute atomic E-state index is 0.340. The molecule has 1 saturated carbocycles. The Morgan fingerprint density at radius 2 is 1.59 bits per heavy atom. The number of likely N-dealkylation sites (tertiary alicyclic amines) is 1. The lowest BCUT2D eigenvalue weighted by atomic mass is 9.83. The Hall–Kier alpha value is -2.22. The monoisotopic (exact) mass is 546 g/mol. The maximum Gasteiger partial charge on any atom is 0.175 e. The number of sulfone groups is 1. The number of benzene rings is 1. The largest absolute Gasteiger partial charge is 0.306 e. The zero-order chi connectivity index (χ0) is 26.7. The number of rotatable bonds is 6. The second-order valence-electron chi connectivity index (χ2n) is 12.9. The van der Waals surface area contributed by atoms with Gasteiger partial charge in [-0.15, -0.1) is 0 Å². The fourth-order valence-electron chi connectivity index (χ4n) is 7.94. The van der Waals surface area contributed by atoms with E-state index in [-0.39, 0.29) is 0 Å². The lowest BCUT2D eigenvalue weighted by Crippen LogP contribution is -2.53. The quantitative estimate of drug-likeness (QED) is 0.398. The van der Waals surface area contributed by atoms with Crippen molar-refractivity contribution >= 4 is 15.5 Å². The molecule has 208 valence electrons. The van der Waals surface area contributed by atoms with Crippen molar-refractivity contribution in [2.45, 2.75) is 93.7 Å². The van der Waals surface area contributed by atoms with Crippen LogP contribution in [0.25, 0.3) is 16.9 Å². The van der Waals surface area contributed by atoms with Crippen molar-refractivity contribution in [3.63, 3.8) is 0 Å². The molecule has 2 aromatic heterocycles. The van der Waals surface area contributed by atoms with Gasteiger partial charge >= 0.3 is 0 Å². The topological polar surface area (TPSA) is 57.9 Å². The maximum absolute atomic E-state index is 11.8. The molecule has 4 fully saturated rings. The average Bonchev–Trinajstić information content (AvgIpc) is 3.43. The third kappa shape index (κ3) is 4.95. The van der Waals surface area contributed by atoms with Crippen LogP contribution in [0.15, 0.2) is 47.6 Å². The van der Waals surface area contributed by atoms with Crippen molar-refractivity contribution in [1.82, 2.24) is 19.2 Å². The van der Waals surface area contributed by atoms with Gasteiger partial charge in [0, 0.05) is 48.9 Å². The van der Waals surface area contributed by atoms with Crippen molar-refractivity contribution < 1.29 is 8.42 Å². The van der Waals surface area contributed by atoms with Crippen LogP contribution in [0.2, 0.25) is 0 Å². The standard InChI is InChI=1S/C32H42N4O2S/c1-22-16-26(20-35-21-31(33-32(22)35)25-6-10-30(11-7-25)39(2,37)38)24-12-14-34(15-13-24)29-17-27-8-9-28(18-29)36(27)19-23-4-3-5-23/h6-7,10-11,16,20-21,23-24,27-29H,3-5,8-9,12-15,17-19H2,1-2H3. The molecule has 7 rings (SSSR count). The molecular weight excluding hydrogens is 504 g/mol. The molecule has 0 amide bonds. The van der Waals surface area contributed by atoms with E-state index in [1.165, 1.54) is 94.8 Å². The highest BCUT2D eigenvalue weighted by Crippen LogP contribution is 2.41. The Kier molecular flexibility index (Phi) is 6.60. The number of piperidine rings is 2. The molecule has 3 aliphatic heterocycles. The molecule has 6 nitrogen and oxygen atoms in total. The lowest BCUT2D eigenvalue weighted by Gasteiger charge is -2.47. The Morgan fingerprint density at radius 1 is 0.897 bits per heavy atom. The van der Waals surface area contributed by atoms with Gasteiger partial charge in [-0.3, -0.25) is 4.90 Å². The summed E-state index contributed by atoms with van der Waals surface area (Å²) in [7, 11) is -3.20. The average molecular weight is 547 g/mol. The first kappa shape index (κ1) is 25.7. The summed E-state index contributed by atoms with van der Waals surface area (Å²) in [6.45, 7) is 5.98. The van der Waals surface area contributed by atoms with Crippen LogP contribution < -0.4 is 0 Å². The molecule has 0 radical (unpaired) electrons. The summed E-state index contributed by atoms with van der Waals surface area (Å²) in [5.74, 6) is 1.59. The fourth-order valence-corrected chi connectivity index (χ4v) is 8.58. The number of aryl methyl sites for hydroxylation is 1. The van der Waals surface area contributed by atoms with Crippen molar-refractivity contribution in [2.75, 3.05) is 25.9 Å². The molecule has 0 N–H and O–H groups in total. The van der Waals surface area contributed by atoms with Crippen LogP contribution in [-0.4, -0.2) is 71.6 Å². The third-order valence-corrected chi connectivity index (χ3v) is 11.5. The predicted octanol–water partition coefficient (Wildman–Crippen LogP) is 5.69. The fraction of sp³-hybridized carbons (Fsp3) is 0.594. The molecule has 2 atom stereocenters. The summed E-state index contributed by atoms with van der Waals surface area (Å²) in [6.07, 6.45) is 18.1. The molecule has 7 heteroatoms. The van der Waals surface area contributed by atoms with Crippen molar-refractivity contribution in [1.29, 1.82) is 0 Å². The Morgan fingerprint density at radius 3 is 2.21 bits per heavy atom. The van der Waals surface area contributed by atoms with Crippen LogP contribution in [-0.2, 0) is 9.84 Å². The van der Waals surface area contributed by atoms with E-state index < -0.39 is 9.84 Å². The molecule has 4 aliphatic rings. The zero-order valence-corrected chi connectivity index (χ0v) is 24.2. The summed E-state index contributed by atoms with van der Waals surface area (Å²) in [5.41, 5.74) is 5.41. The van der Waals surface area contributed by atoms with E-state index >= 15 is 0 Å².